The van der Waals surface area contributed by atoms with E-state index in [0.717, 1.165) is 56.9 Å². The van der Waals surface area contributed by atoms with Gasteiger partial charge in [-0.25, -0.2) is 9.78 Å². The van der Waals surface area contributed by atoms with Crippen molar-refractivity contribution in [3.05, 3.63) is 64.9 Å². The fourth-order valence-electron chi connectivity index (χ4n) is 4.54. The van der Waals surface area contributed by atoms with Crippen LogP contribution in [0.3, 0.4) is 0 Å². The fraction of sp³-hybridized carbons (Fsp3) is 0.400. The minimum absolute atomic E-state index is 0.00247. The molecule has 0 aliphatic carbocycles. The smallest absolute Gasteiger partial charge is 0.323 e. The van der Waals surface area contributed by atoms with Gasteiger partial charge < -0.3 is 14.5 Å². The molecule has 4 heterocycles. The minimum atomic E-state index is -0.118. The molecule has 0 saturated carbocycles. The van der Waals surface area contributed by atoms with Crippen LogP contribution in [0.5, 0.6) is 0 Å². The number of aromatic nitrogens is 1. The molecule has 8 nitrogen and oxygen atoms in total. The van der Waals surface area contributed by atoms with E-state index in [9.17, 15) is 9.59 Å². The van der Waals surface area contributed by atoms with E-state index >= 15 is 0 Å². The van der Waals surface area contributed by atoms with E-state index in [0.29, 0.717) is 25.5 Å². The lowest BCUT2D eigenvalue weighted by Gasteiger charge is -2.32. The van der Waals surface area contributed by atoms with Crippen LogP contribution in [0.25, 0.3) is 6.08 Å². The number of pyridine rings is 1. The first kappa shape index (κ1) is 21.6. The number of benzene rings is 1. The first-order valence-electron chi connectivity index (χ1n) is 11.5. The van der Waals surface area contributed by atoms with Gasteiger partial charge in [0.1, 0.15) is 5.82 Å². The summed E-state index contributed by atoms with van der Waals surface area (Å²) in [5.41, 5.74) is 4.35. The van der Waals surface area contributed by atoms with Crippen LogP contribution in [0.2, 0.25) is 0 Å². The zero-order chi connectivity index (χ0) is 22.6. The molecule has 3 aliphatic heterocycles. The first-order valence-corrected chi connectivity index (χ1v) is 11.5. The molecule has 5 rings (SSSR count). The van der Waals surface area contributed by atoms with Gasteiger partial charge in [-0.3, -0.25) is 15.0 Å². The SMILES string of the molecule is O=C(C=Cc1cnc2c(c1)CN(CCN1CCOCC1)C(=O)N2)N1CCc2ccccc2C1. The van der Waals surface area contributed by atoms with E-state index in [1.807, 2.05) is 34.1 Å². The van der Waals surface area contributed by atoms with Crippen molar-refractivity contribution in [1.82, 2.24) is 19.7 Å². The Labute approximate surface area is 193 Å². The molecule has 33 heavy (non-hydrogen) atoms. The number of morpholine rings is 1. The molecular weight excluding hydrogens is 418 g/mol. The summed E-state index contributed by atoms with van der Waals surface area (Å²) in [6.45, 7) is 6.66. The number of hydrogen-bond acceptors (Lipinski definition) is 5. The maximum atomic E-state index is 12.7. The molecule has 1 N–H and O–H groups in total. The van der Waals surface area contributed by atoms with Crippen molar-refractivity contribution in [2.24, 2.45) is 0 Å². The molecule has 3 aliphatic rings. The summed E-state index contributed by atoms with van der Waals surface area (Å²) in [6, 6.07) is 10.2. The topological polar surface area (TPSA) is 78.0 Å². The van der Waals surface area contributed by atoms with Gasteiger partial charge in [-0.05, 0) is 35.3 Å². The molecule has 0 atom stereocenters. The van der Waals surface area contributed by atoms with Crippen LogP contribution in [0.1, 0.15) is 22.3 Å². The van der Waals surface area contributed by atoms with Gasteiger partial charge in [0.05, 0.1) is 19.8 Å². The van der Waals surface area contributed by atoms with Gasteiger partial charge in [0, 0.05) is 57.1 Å². The molecule has 2 aromatic rings. The molecule has 3 amide bonds. The highest BCUT2D eigenvalue weighted by Crippen LogP contribution is 2.23. The highest BCUT2D eigenvalue weighted by atomic mass is 16.5. The highest BCUT2D eigenvalue weighted by Gasteiger charge is 2.24. The van der Waals surface area contributed by atoms with Crippen molar-refractivity contribution >= 4 is 23.8 Å². The van der Waals surface area contributed by atoms with Gasteiger partial charge in [-0.2, -0.15) is 0 Å². The van der Waals surface area contributed by atoms with Crippen LogP contribution >= 0.6 is 0 Å². The van der Waals surface area contributed by atoms with Crippen molar-refractivity contribution in [3.63, 3.8) is 0 Å². The van der Waals surface area contributed by atoms with E-state index in [2.05, 4.69) is 27.3 Å². The van der Waals surface area contributed by atoms with Crippen molar-refractivity contribution in [3.8, 4) is 0 Å². The maximum absolute atomic E-state index is 12.7. The Hall–Kier alpha value is -3.23. The predicted octanol–water partition coefficient (Wildman–Crippen LogP) is 2.36. The van der Waals surface area contributed by atoms with Gasteiger partial charge in [-0.15, -0.1) is 0 Å². The summed E-state index contributed by atoms with van der Waals surface area (Å²) in [7, 11) is 0. The second-order valence-corrected chi connectivity index (χ2v) is 8.69. The van der Waals surface area contributed by atoms with Gasteiger partial charge >= 0.3 is 6.03 Å². The Morgan fingerprint density at radius 2 is 1.88 bits per heavy atom. The van der Waals surface area contributed by atoms with Gasteiger partial charge in [0.15, 0.2) is 0 Å². The largest absolute Gasteiger partial charge is 0.379 e. The summed E-state index contributed by atoms with van der Waals surface area (Å²) >= 11 is 0. The number of amides is 3. The Kier molecular flexibility index (Phi) is 6.37. The van der Waals surface area contributed by atoms with Gasteiger partial charge in [0.25, 0.3) is 0 Å². The highest BCUT2D eigenvalue weighted by molar-refractivity contribution is 5.93. The van der Waals surface area contributed by atoms with Gasteiger partial charge in [-0.1, -0.05) is 24.3 Å². The summed E-state index contributed by atoms with van der Waals surface area (Å²) < 4.78 is 5.39. The van der Waals surface area contributed by atoms with Crippen LogP contribution in [0, 0.1) is 0 Å². The Balaban J connectivity index is 1.21. The molecule has 0 radical (unpaired) electrons. The second-order valence-electron chi connectivity index (χ2n) is 8.69. The number of nitrogens with one attached hydrogen (secondary N) is 1. The monoisotopic (exact) mass is 447 g/mol. The lowest BCUT2D eigenvalue weighted by molar-refractivity contribution is -0.126. The molecular formula is C25H29N5O3. The zero-order valence-electron chi connectivity index (χ0n) is 18.7. The number of ether oxygens (including phenoxy) is 1. The van der Waals surface area contributed by atoms with Crippen LogP contribution < -0.4 is 5.32 Å². The molecule has 1 saturated heterocycles. The van der Waals surface area contributed by atoms with Crippen molar-refractivity contribution in [2.75, 3.05) is 51.3 Å². The number of rotatable bonds is 5. The lowest BCUT2D eigenvalue weighted by Crippen LogP contribution is -2.45. The summed E-state index contributed by atoms with van der Waals surface area (Å²) in [5.74, 6) is 0.599. The molecule has 0 unspecified atom stereocenters. The molecule has 1 fully saturated rings. The zero-order valence-corrected chi connectivity index (χ0v) is 18.7. The number of fused-ring (bicyclic) bond motifs is 2. The predicted molar refractivity (Wildman–Crippen MR) is 126 cm³/mol. The fourth-order valence-corrected chi connectivity index (χ4v) is 4.54. The first-order chi connectivity index (χ1) is 16.2. The van der Waals surface area contributed by atoms with E-state index in [4.69, 9.17) is 4.74 Å². The number of anilines is 1. The average molecular weight is 448 g/mol. The Morgan fingerprint density at radius 3 is 2.73 bits per heavy atom. The third-order valence-electron chi connectivity index (χ3n) is 6.51. The minimum Gasteiger partial charge on any atom is -0.379 e. The third kappa shape index (κ3) is 5.07. The van der Waals surface area contributed by atoms with E-state index in [1.54, 1.807) is 12.3 Å². The quantitative estimate of drug-likeness (QED) is 0.712. The lowest BCUT2D eigenvalue weighted by atomic mass is 10.00. The van der Waals surface area contributed by atoms with Crippen LogP contribution in [0.4, 0.5) is 10.6 Å². The number of carbonyl (C=O) groups excluding carboxylic acids is 2. The number of carbonyl (C=O) groups is 2. The number of urea groups is 1. The third-order valence-corrected chi connectivity index (χ3v) is 6.51. The van der Waals surface area contributed by atoms with Crippen molar-refractivity contribution < 1.29 is 14.3 Å². The normalized spacial score (nSPS) is 18.7. The number of nitrogens with zero attached hydrogens (tertiary/aromatic N) is 4. The molecule has 0 spiro atoms. The molecule has 1 aromatic heterocycles. The molecule has 8 heteroatoms. The maximum Gasteiger partial charge on any atom is 0.323 e. The second kappa shape index (κ2) is 9.72. The van der Waals surface area contributed by atoms with E-state index < -0.39 is 0 Å². The van der Waals surface area contributed by atoms with E-state index in [-0.39, 0.29) is 11.9 Å². The average Bonchev–Trinajstić information content (AvgIpc) is 2.86. The molecule has 1 aromatic carbocycles. The summed E-state index contributed by atoms with van der Waals surface area (Å²) in [4.78, 5) is 35.6. The number of hydrogen-bond donors (Lipinski definition) is 1. The molecule has 0 bridgehead atoms. The van der Waals surface area contributed by atoms with Crippen LogP contribution in [-0.2, 0) is 29.0 Å². The standard InChI is InChI=1S/C25H29N5O3/c31-23(29-8-7-20-3-1-2-4-21(20)17-29)6-5-19-15-22-18-30(25(32)27-24(22)26-16-19)10-9-28-11-13-33-14-12-28/h1-6,15-16H,7-14,17-18H2,(H,26,27,32). The van der Waals surface area contributed by atoms with Crippen molar-refractivity contribution in [2.45, 2.75) is 19.5 Å². The summed E-state index contributed by atoms with van der Waals surface area (Å²) in [6.07, 6.45) is 6.01. The van der Waals surface area contributed by atoms with Crippen LogP contribution in [0.15, 0.2) is 42.6 Å². The Morgan fingerprint density at radius 1 is 1.06 bits per heavy atom. The van der Waals surface area contributed by atoms with E-state index in [1.165, 1.54) is 11.1 Å². The van der Waals surface area contributed by atoms with Gasteiger partial charge in [0.2, 0.25) is 5.91 Å². The Bertz CT molecular complexity index is 1060. The molecule has 172 valence electrons. The van der Waals surface area contributed by atoms with Crippen LogP contribution in [-0.4, -0.2) is 77.6 Å². The summed E-state index contributed by atoms with van der Waals surface area (Å²) in [5, 5.41) is 2.88. The van der Waals surface area contributed by atoms with Crippen molar-refractivity contribution in [1.29, 1.82) is 0 Å².